The third-order valence-corrected chi connectivity index (χ3v) is 5.90. The zero-order chi connectivity index (χ0) is 24.6. The van der Waals surface area contributed by atoms with Crippen molar-refractivity contribution < 1.29 is 18.7 Å². The molecule has 3 N–H and O–H groups in total. The van der Waals surface area contributed by atoms with Gasteiger partial charge in [-0.25, -0.2) is 19.2 Å². The van der Waals surface area contributed by atoms with Gasteiger partial charge in [0.25, 0.3) is 5.91 Å². The Morgan fingerprint density at radius 2 is 1.97 bits per heavy atom. The highest BCUT2D eigenvalue weighted by atomic mass is 35.5. The van der Waals surface area contributed by atoms with Crippen LogP contribution in [0.15, 0.2) is 42.7 Å². The number of primary amides is 1. The Morgan fingerprint density at radius 3 is 2.65 bits per heavy atom. The van der Waals surface area contributed by atoms with E-state index >= 15 is 0 Å². The van der Waals surface area contributed by atoms with E-state index in [1.54, 1.807) is 49.9 Å². The number of para-hydroxylation sites is 1. The Bertz CT molecular complexity index is 1260. The third-order valence-electron chi connectivity index (χ3n) is 5.60. The molecule has 34 heavy (non-hydrogen) atoms. The molecule has 1 aromatic heterocycles. The fourth-order valence-electron chi connectivity index (χ4n) is 4.08. The van der Waals surface area contributed by atoms with Gasteiger partial charge < -0.3 is 20.7 Å². The highest BCUT2D eigenvalue weighted by molar-refractivity contribution is 6.30. The minimum Gasteiger partial charge on any atom is -0.444 e. The number of nitrogens with two attached hydrogens (primary N) is 1. The number of rotatable bonds is 4. The lowest BCUT2D eigenvalue weighted by atomic mass is 9.94. The minimum atomic E-state index is -0.654. The van der Waals surface area contributed by atoms with E-state index in [1.165, 1.54) is 18.5 Å². The maximum absolute atomic E-state index is 14.3. The van der Waals surface area contributed by atoms with Crippen LogP contribution in [-0.4, -0.2) is 51.6 Å². The smallest absolute Gasteiger partial charge is 0.410 e. The van der Waals surface area contributed by atoms with Gasteiger partial charge in [0.05, 0.1) is 22.1 Å². The van der Waals surface area contributed by atoms with Crippen molar-refractivity contribution in [1.29, 1.82) is 0 Å². The quantitative estimate of drug-likeness (QED) is 0.569. The Kier molecular flexibility index (Phi) is 6.31. The first kappa shape index (κ1) is 23.7. The molecule has 2 unspecified atom stereocenters. The molecule has 0 aliphatic carbocycles. The maximum atomic E-state index is 14.3. The molecule has 1 aliphatic heterocycles. The molecule has 2 heterocycles. The monoisotopic (exact) mass is 485 g/mol. The first-order valence-corrected chi connectivity index (χ1v) is 11.1. The van der Waals surface area contributed by atoms with E-state index < -0.39 is 23.4 Å². The van der Waals surface area contributed by atoms with Crippen molar-refractivity contribution in [2.24, 2.45) is 5.73 Å². The normalized spacial score (nSPS) is 18.2. The van der Waals surface area contributed by atoms with E-state index in [1.807, 2.05) is 0 Å². The van der Waals surface area contributed by atoms with E-state index in [9.17, 15) is 14.0 Å². The number of halogens is 2. The van der Waals surface area contributed by atoms with Crippen LogP contribution >= 0.6 is 11.6 Å². The lowest BCUT2D eigenvalue weighted by Crippen LogP contribution is -2.36. The second-order valence-electron chi connectivity index (χ2n) is 9.20. The van der Waals surface area contributed by atoms with E-state index in [4.69, 9.17) is 22.1 Å². The lowest BCUT2D eigenvalue weighted by Gasteiger charge is -2.24. The first-order chi connectivity index (χ1) is 16.0. The van der Waals surface area contributed by atoms with Gasteiger partial charge in [-0.3, -0.25) is 4.79 Å². The highest BCUT2D eigenvalue weighted by Gasteiger charge is 2.38. The number of fused-ring (bicyclic) bond motifs is 1. The molecule has 1 fully saturated rings. The summed E-state index contributed by atoms with van der Waals surface area (Å²) in [5, 5.41) is 4.00. The van der Waals surface area contributed by atoms with Crippen LogP contribution in [0.25, 0.3) is 10.9 Å². The van der Waals surface area contributed by atoms with Crippen molar-refractivity contribution >= 4 is 40.3 Å². The number of amides is 2. The largest absolute Gasteiger partial charge is 0.444 e. The fraction of sp³-hybridized carbons (Fsp3) is 0.333. The summed E-state index contributed by atoms with van der Waals surface area (Å²) in [6.45, 7) is 6.00. The zero-order valence-corrected chi connectivity index (χ0v) is 19.8. The van der Waals surface area contributed by atoms with Gasteiger partial charge in [0.1, 0.15) is 23.6 Å². The predicted octanol–water partition coefficient (Wildman–Crippen LogP) is 4.34. The summed E-state index contributed by atoms with van der Waals surface area (Å²) in [6, 6.07) is 9.37. The molecule has 4 rings (SSSR count). The molecule has 2 aromatic carbocycles. The molecule has 0 radical (unpaired) electrons. The van der Waals surface area contributed by atoms with Gasteiger partial charge in [0.2, 0.25) is 0 Å². The van der Waals surface area contributed by atoms with Crippen LogP contribution < -0.4 is 11.1 Å². The summed E-state index contributed by atoms with van der Waals surface area (Å²) in [6.07, 6.45) is 0.883. The summed E-state index contributed by atoms with van der Waals surface area (Å²) >= 11 is 5.88. The fourth-order valence-corrected chi connectivity index (χ4v) is 4.20. The van der Waals surface area contributed by atoms with Crippen LogP contribution in [0, 0.1) is 5.82 Å². The Morgan fingerprint density at radius 1 is 1.21 bits per heavy atom. The summed E-state index contributed by atoms with van der Waals surface area (Å²) in [4.78, 5) is 34.8. The Hall–Kier alpha value is -3.46. The van der Waals surface area contributed by atoms with E-state index in [2.05, 4.69) is 15.3 Å². The summed E-state index contributed by atoms with van der Waals surface area (Å²) in [5.41, 5.74) is 6.22. The minimum absolute atomic E-state index is 0.0241. The van der Waals surface area contributed by atoms with Gasteiger partial charge in [0.15, 0.2) is 0 Å². The van der Waals surface area contributed by atoms with Crippen molar-refractivity contribution in [3.05, 3.63) is 64.7 Å². The lowest BCUT2D eigenvalue weighted by molar-refractivity contribution is 0.0291. The number of nitrogens with one attached hydrogen (secondary N) is 1. The van der Waals surface area contributed by atoms with Crippen molar-refractivity contribution in [2.45, 2.75) is 38.3 Å². The molecular formula is C24H25ClFN5O3. The Labute approximate surface area is 201 Å². The second kappa shape index (κ2) is 9.06. The van der Waals surface area contributed by atoms with Crippen LogP contribution in [0.2, 0.25) is 5.02 Å². The van der Waals surface area contributed by atoms with Crippen molar-refractivity contribution in [1.82, 2.24) is 14.9 Å². The number of likely N-dealkylation sites (tertiary alicyclic amines) is 1. The van der Waals surface area contributed by atoms with Gasteiger partial charge in [-0.15, -0.1) is 0 Å². The average molecular weight is 486 g/mol. The highest BCUT2D eigenvalue weighted by Crippen LogP contribution is 2.34. The molecule has 8 nitrogen and oxygen atoms in total. The topological polar surface area (TPSA) is 110 Å². The molecule has 2 amide bonds. The number of benzene rings is 2. The standard InChI is InChI=1S/C24H25ClFN5O3/c1-24(2,3)34-23(33)31-10-16(13-7-8-17(25)18(26)9-13)19(11-31)30-22-15-6-4-5-14(21(27)32)20(15)28-12-29-22/h4-9,12,16,19H,10-11H2,1-3H3,(H2,27,32)(H,28,29,30). The molecule has 0 spiro atoms. The van der Waals surface area contributed by atoms with Crippen LogP contribution in [0.4, 0.5) is 15.0 Å². The number of hydrogen-bond donors (Lipinski definition) is 2. The number of hydrogen-bond acceptors (Lipinski definition) is 6. The van der Waals surface area contributed by atoms with Crippen molar-refractivity contribution in [3.8, 4) is 0 Å². The predicted molar refractivity (Wildman–Crippen MR) is 127 cm³/mol. The van der Waals surface area contributed by atoms with Crippen molar-refractivity contribution in [2.75, 3.05) is 18.4 Å². The SMILES string of the molecule is CC(C)(C)OC(=O)N1CC(Nc2ncnc3c(C(N)=O)cccc23)C(c2ccc(Cl)c(F)c2)C1. The van der Waals surface area contributed by atoms with Gasteiger partial charge in [-0.1, -0.05) is 23.7 Å². The van der Waals surface area contributed by atoms with Gasteiger partial charge in [-0.05, 0) is 50.6 Å². The van der Waals surface area contributed by atoms with E-state index in [-0.39, 0.29) is 22.5 Å². The molecule has 0 bridgehead atoms. The van der Waals surface area contributed by atoms with E-state index in [0.717, 1.165) is 0 Å². The van der Waals surface area contributed by atoms with Gasteiger partial charge in [-0.2, -0.15) is 0 Å². The van der Waals surface area contributed by atoms with Crippen LogP contribution in [0.5, 0.6) is 0 Å². The number of aromatic nitrogens is 2. The average Bonchev–Trinajstić information content (AvgIpc) is 3.18. The molecule has 0 saturated carbocycles. The molecule has 3 aromatic rings. The number of carbonyl (C=O) groups is 2. The van der Waals surface area contributed by atoms with E-state index in [0.29, 0.717) is 35.4 Å². The van der Waals surface area contributed by atoms with Crippen LogP contribution in [0.3, 0.4) is 0 Å². The number of ether oxygens (including phenoxy) is 1. The van der Waals surface area contributed by atoms with Crippen LogP contribution in [-0.2, 0) is 4.74 Å². The number of nitrogens with zero attached hydrogens (tertiary/aromatic N) is 3. The maximum Gasteiger partial charge on any atom is 0.410 e. The van der Waals surface area contributed by atoms with Crippen LogP contribution in [0.1, 0.15) is 42.6 Å². The van der Waals surface area contributed by atoms with Gasteiger partial charge >= 0.3 is 6.09 Å². The summed E-state index contributed by atoms with van der Waals surface area (Å²) < 4.78 is 19.8. The Balaban J connectivity index is 1.70. The van der Waals surface area contributed by atoms with Crippen molar-refractivity contribution in [3.63, 3.8) is 0 Å². The summed E-state index contributed by atoms with van der Waals surface area (Å²) in [7, 11) is 0. The number of anilines is 1. The second-order valence-corrected chi connectivity index (χ2v) is 9.61. The first-order valence-electron chi connectivity index (χ1n) is 10.8. The molecule has 178 valence electrons. The molecule has 1 saturated heterocycles. The third kappa shape index (κ3) is 4.89. The van der Waals surface area contributed by atoms with Gasteiger partial charge in [0, 0.05) is 24.4 Å². The molecule has 10 heteroatoms. The summed E-state index contributed by atoms with van der Waals surface area (Å²) in [5.74, 6) is -0.929. The molecule has 1 aliphatic rings. The number of carbonyl (C=O) groups excluding carboxylic acids is 2. The molecule has 2 atom stereocenters. The zero-order valence-electron chi connectivity index (χ0n) is 19.0. The molecular weight excluding hydrogens is 461 g/mol.